The van der Waals surface area contributed by atoms with Crippen molar-refractivity contribution in [3.8, 4) is 0 Å². The van der Waals surface area contributed by atoms with Gasteiger partial charge in [0.2, 0.25) is 5.91 Å². The van der Waals surface area contributed by atoms with Gasteiger partial charge in [-0.05, 0) is 19.9 Å². The summed E-state index contributed by atoms with van der Waals surface area (Å²) in [7, 11) is 1.69. The number of nitrogens with one attached hydrogen (secondary N) is 1. The third-order valence-electron chi connectivity index (χ3n) is 1.64. The first-order valence-electron chi connectivity index (χ1n) is 4.10. The van der Waals surface area contributed by atoms with Gasteiger partial charge in [-0.25, -0.2) is 0 Å². The Balaban J connectivity index is 0. The van der Waals surface area contributed by atoms with E-state index in [-0.39, 0.29) is 25.3 Å². The lowest BCUT2D eigenvalue weighted by Crippen LogP contribution is -2.39. The molecule has 0 saturated heterocycles. The number of carbonyl (C=O) groups is 1. The SMILES string of the molecule is C.CNC(CCCN=C(N)N)C(N)=O. The molecule has 1 amide bonds. The Morgan fingerprint density at radius 2 is 2.00 bits per heavy atom. The summed E-state index contributed by atoms with van der Waals surface area (Å²) >= 11 is 0. The Bertz CT molecular complexity index is 188. The van der Waals surface area contributed by atoms with Crippen LogP contribution in [-0.4, -0.2) is 31.5 Å². The molecule has 0 spiro atoms. The van der Waals surface area contributed by atoms with Crippen LogP contribution in [0.15, 0.2) is 4.99 Å². The number of hydrogen-bond acceptors (Lipinski definition) is 3. The topological polar surface area (TPSA) is 120 Å². The molecule has 1 unspecified atom stereocenters. The molecule has 0 aliphatic heterocycles. The predicted octanol–water partition coefficient (Wildman–Crippen LogP) is -1.25. The average molecular weight is 203 g/mol. The maximum atomic E-state index is 10.7. The first kappa shape index (κ1) is 15.2. The highest BCUT2D eigenvalue weighted by atomic mass is 16.1. The van der Waals surface area contributed by atoms with Crippen LogP contribution < -0.4 is 22.5 Å². The Hall–Kier alpha value is -1.30. The monoisotopic (exact) mass is 203 g/mol. The van der Waals surface area contributed by atoms with E-state index in [0.717, 1.165) is 6.42 Å². The van der Waals surface area contributed by atoms with Crippen LogP contribution in [-0.2, 0) is 4.79 Å². The van der Waals surface area contributed by atoms with E-state index >= 15 is 0 Å². The number of nitrogens with zero attached hydrogens (tertiary/aromatic N) is 1. The highest BCUT2D eigenvalue weighted by Gasteiger charge is 2.10. The van der Waals surface area contributed by atoms with Crippen molar-refractivity contribution in [2.45, 2.75) is 26.3 Å². The summed E-state index contributed by atoms with van der Waals surface area (Å²) in [5, 5.41) is 2.80. The number of hydrogen-bond donors (Lipinski definition) is 4. The van der Waals surface area contributed by atoms with E-state index in [1.165, 1.54) is 0 Å². The van der Waals surface area contributed by atoms with Gasteiger partial charge in [-0.2, -0.15) is 0 Å². The molecule has 0 heterocycles. The van der Waals surface area contributed by atoms with Gasteiger partial charge in [-0.15, -0.1) is 0 Å². The van der Waals surface area contributed by atoms with E-state index < -0.39 is 0 Å². The molecule has 0 aliphatic rings. The fraction of sp³-hybridized carbons (Fsp3) is 0.750. The molecule has 0 radical (unpaired) electrons. The lowest BCUT2D eigenvalue weighted by atomic mass is 10.1. The van der Waals surface area contributed by atoms with Gasteiger partial charge in [0.1, 0.15) is 0 Å². The number of guanidine groups is 1. The molecule has 14 heavy (non-hydrogen) atoms. The molecular weight excluding hydrogens is 182 g/mol. The van der Waals surface area contributed by atoms with Crippen molar-refractivity contribution in [1.82, 2.24) is 5.32 Å². The van der Waals surface area contributed by atoms with Crippen LogP contribution in [0, 0.1) is 0 Å². The summed E-state index contributed by atoms with van der Waals surface area (Å²) in [6, 6.07) is -0.297. The third-order valence-corrected chi connectivity index (χ3v) is 1.64. The van der Waals surface area contributed by atoms with E-state index in [2.05, 4.69) is 10.3 Å². The van der Waals surface area contributed by atoms with Gasteiger partial charge in [-0.1, -0.05) is 7.43 Å². The van der Waals surface area contributed by atoms with Gasteiger partial charge in [0.15, 0.2) is 5.96 Å². The van der Waals surface area contributed by atoms with Crippen LogP contribution in [0.1, 0.15) is 20.3 Å². The fourth-order valence-corrected chi connectivity index (χ4v) is 0.932. The maximum absolute atomic E-state index is 10.7. The summed E-state index contributed by atoms with van der Waals surface area (Å²) in [5.74, 6) is -0.285. The first-order chi connectivity index (χ1) is 6.07. The number of amides is 1. The summed E-state index contributed by atoms with van der Waals surface area (Å²) in [5.41, 5.74) is 15.3. The summed E-state index contributed by atoms with van der Waals surface area (Å²) in [4.78, 5) is 14.5. The summed E-state index contributed by atoms with van der Waals surface area (Å²) < 4.78 is 0. The molecule has 84 valence electrons. The Kier molecular flexibility index (Phi) is 9.01. The van der Waals surface area contributed by atoms with Crippen molar-refractivity contribution in [2.24, 2.45) is 22.2 Å². The van der Waals surface area contributed by atoms with Crippen LogP contribution in [0.3, 0.4) is 0 Å². The molecule has 0 aromatic heterocycles. The fourth-order valence-electron chi connectivity index (χ4n) is 0.932. The predicted molar refractivity (Wildman–Crippen MR) is 58.7 cm³/mol. The molecule has 6 nitrogen and oxygen atoms in total. The minimum Gasteiger partial charge on any atom is -0.370 e. The zero-order chi connectivity index (χ0) is 10.3. The van der Waals surface area contributed by atoms with Gasteiger partial charge >= 0.3 is 0 Å². The highest BCUT2D eigenvalue weighted by Crippen LogP contribution is 1.96. The third kappa shape index (κ3) is 7.35. The lowest BCUT2D eigenvalue weighted by molar-refractivity contribution is -0.120. The second kappa shape index (κ2) is 8.31. The molecule has 7 N–H and O–H groups in total. The smallest absolute Gasteiger partial charge is 0.234 e. The average Bonchev–Trinajstić information content (AvgIpc) is 2.03. The van der Waals surface area contributed by atoms with Gasteiger partial charge in [-0.3, -0.25) is 9.79 Å². The van der Waals surface area contributed by atoms with E-state index in [0.29, 0.717) is 13.0 Å². The van der Waals surface area contributed by atoms with Crippen molar-refractivity contribution in [1.29, 1.82) is 0 Å². The van der Waals surface area contributed by atoms with Gasteiger partial charge in [0.05, 0.1) is 6.04 Å². The minimum absolute atomic E-state index is 0. The van der Waals surface area contributed by atoms with Crippen molar-refractivity contribution in [2.75, 3.05) is 13.6 Å². The van der Waals surface area contributed by atoms with E-state index in [1.54, 1.807) is 7.05 Å². The second-order valence-electron chi connectivity index (χ2n) is 2.69. The molecular formula is C8H21N5O. The van der Waals surface area contributed by atoms with Gasteiger partial charge in [0, 0.05) is 6.54 Å². The number of primary amides is 1. The van der Waals surface area contributed by atoms with Crippen molar-refractivity contribution in [3.05, 3.63) is 0 Å². The van der Waals surface area contributed by atoms with Crippen LogP contribution in [0.5, 0.6) is 0 Å². The molecule has 0 aliphatic carbocycles. The maximum Gasteiger partial charge on any atom is 0.234 e. The molecule has 0 saturated carbocycles. The summed E-state index contributed by atoms with van der Waals surface area (Å²) in [6.07, 6.45) is 1.37. The van der Waals surface area contributed by atoms with Crippen molar-refractivity contribution >= 4 is 11.9 Å². The molecule has 0 aromatic rings. The molecule has 6 heteroatoms. The molecule has 0 aromatic carbocycles. The normalized spacial score (nSPS) is 11.2. The van der Waals surface area contributed by atoms with Gasteiger partial charge < -0.3 is 22.5 Å². The Morgan fingerprint density at radius 3 is 2.36 bits per heavy atom. The number of carbonyl (C=O) groups excluding carboxylic acids is 1. The van der Waals surface area contributed by atoms with Crippen molar-refractivity contribution in [3.63, 3.8) is 0 Å². The summed E-state index contributed by atoms with van der Waals surface area (Å²) in [6.45, 7) is 0.522. The van der Waals surface area contributed by atoms with Crippen LogP contribution in [0.25, 0.3) is 0 Å². The van der Waals surface area contributed by atoms with Crippen LogP contribution in [0.4, 0.5) is 0 Å². The zero-order valence-corrected chi connectivity index (χ0v) is 7.79. The quantitative estimate of drug-likeness (QED) is 0.245. The molecule has 0 fully saturated rings. The second-order valence-corrected chi connectivity index (χ2v) is 2.69. The standard InChI is InChI=1S/C7H17N5O.CH4/c1-11-5(6(8)13)3-2-4-12-7(9)10;/h5,11H,2-4H2,1H3,(H2,8,13)(H4,9,10,12);1H4. The largest absolute Gasteiger partial charge is 0.370 e. The molecule has 1 atom stereocenters. The molecule has 0 rings (SSSR count). The Labute approximate surface area is 84.9 Å². The van der Waals surface area contributed by atoms with E-state index in [9.17, 15) is 4.79 Å². The van der Waals surface area contributed by atoms with Crippen LogP contribution >= 0.6 is 0 Å². The van der Waals surface area contributed by atoms with E-state index in [4.69, 9.17) is 17.2 Å². The van der Waals surface area contributed by atoms with Crippen molar-refractivity contribution < 1.29 is 4.79 Å². The lowest BCUT2D eigenvalue weighted by Gasteiger charge is -2.10. The Morgan fingerprint density at radius 1 is 1.43 bits per heavy atom. The first-order valence-corrected chi connectivity index (χ1v) is 4.10. The number of rotatable bonds is 6. The van der Waals surface area contributed by atoms with E-state index in [1.807, 2.05) is 0 Å². The highest BCUT2D eigenvalue weighted by molar-refractivity contribution is 5.79. The minimum atomic E-state index is -0.354. The van der Waals surface area contributed by atoms with Crippen LogP contribution in [0.2, 0.25) is 0 Å². The molecule has 0 bridgehead atoms. The van der Waals surface area contributed by atoms with Gasteiger partial charge in [0.25, 0.3) is 0 Å². The zero-order valence-electron chi connectivity index (χ0n) is 7.79. The number of aliphatic imine (C=N–C) groups is 1. The number of nitrogens with two attached hydrogens (primary N) is 3. The number of likely N-dealkylation sites (N-methyl/N-ethyl adjacent to an activating group) is 1.